The number of phenolic OH excluding ortho intramolecular Hbond substituents is 1. The molecule has 0 aliphatic heterocycles. The van der Waals surface area contributed by atoms with Gasteiger partial charge >= 0.3 is 5.97 Å². The summed E-state index contributed by atoms with van der Waals surface area (Å²) in [4.78, 5) is 10.9. The molecule has 0 heterocycles. The Kier molecular flexibility index (Phi) is 6.66. The van der Waals surface area contributed by atoms with Crippen LogP contribution in [0.2, 0.25) is 0 Å². The number of rotatable bonds is 8. The number of carbonyl (C=O) groups excluding carboxylic acids is 1. The van der Waals surface area contributed by atoms with Gasteiger partial charge in [-0.15, -0.1) is 0 Å². The third-order valence-electron chi connectivity index (χ3n) is 2.83. The van der Waals surface area contributed by atoms with Gasteiger partial charge in [-0.2, -0.15) is 0 Å². The second-order valence-electron chi connectivity index (χ2n) is 4.21. The molecule has 0 saturated carbocycles. The van der Waals surface area contributed by atoms with Crippen LogP contribution in [0.4, 0.5) is 0 Å². The zero-order chi connectivity index (χ0) is 15.0. The van der Waals surface area contributed by atoms with Crippen molar-refractivity contribution < 1.29 is 24.1 Å². The third-order valence-corrected chi connectivity index (χ3v) is 2.83. The Labute approximate surface area is 118 Å². The van der Waals surface area contributed by atoms with E-state index in [-0.39, 0.29) is 11.7 Å². The average Bonchev–Trinajstić information content (AvgIpc) is 2.47. The zero-order valence-electron chi connectivity index (χ0n) is 12.1. The molecule has 0 radical (unpaired) electrons. The van der Waals surface area contributed by atoms with Gasteiger partial charge in [0.1, 0.15) is 0 Å². The number of hydrogen-bond donors (Lipinski definition) is 2. The monoisotopic (exact) mass is 283 g/mol. The van der Waals surface area contributed by atoms with Gasteiger partial charge in [-0.1, -0.05) is 0 Å². The fourth-order valence-corrected chi connectivity index (χ4v) is 1.74. The molecule has 112 valence electrons. The number of aromatic hydroxyl groups is 1. The van der Waals surface area contributed by atoms with Crippen LogP contribution in [0, 0.1) is 0 Å². The molecular weight excluding hydrogens is 262 g/mol. The summed E-state index contributed by atoms with van der Waals surface area (Å²) in [5.74, 6) is 0.524. The molecule has 0 bridgehead atoms. The van der Waals surface area contributed by atoms with Crippen molar-refractivity contribution in [2.24, 2.45) is 0 Å². The van der Waals surface area contributed by atoms with Gasteiger partial charge in [0.05, 0.1) is 21.3 Å². The lowest BCUT2D eigenvalue weighted by atomic mass is 10.1. The molecule has 6 nitrogen and oxygen atoms in total. The number of phenols is 1. The second kappa shape index (κ2) is 8.27. The van der Waals surface area contributed by atoms with E-state index < -0.39 is 0 Å². The van der Waals surface area contributed by atoms with Crippen LogP contribution in [0.3, 0.4) is 0 Å². The van der Waals surface area contributed by atoms with E-state index in [0.717, 1.165) is 5.56 Å². The third kappa shape index (κ3) is 4.62. The molecule has 20 heavy (non-hydrogen) atoms. The van der Waals surface area contributed by atoms with E-state index in [1.54, 1.807) is 12.1 Å². The molecule has 0 aromatic heterocycles. The highest BCUT2D eigenvalue weighted by Crippen LogP contribution is 2.36. The molecule has 0 spiro atoms. The highest BCUT2D eigenvalue weighted by Gasteiger charge is 2.10. The minimum absolute atomic E-state index is 0.00978. The van der Waals surface area contributed by atoms with Crippen molar-refractivity contribution >= 4 is 5.97 Å². The van der Waals surface area contributed by atoms with Gasteiger partial charge in [-0.05, 0) is 30.7 Å². The van der Waals surface area contributed by atoms with E-state index in [4.69, 9.17) is 9.47 Å². The number of methoxy groups -OCH3 is 3. The van der Waals surface area contributed by atoms with Crippen molar-refractivity contribution in [1.29, 1.82) is 0 Å². The highest BCUT2D eigenvalue weighted by molar-refractivity contribution is 5.69. The first-order chi connectivity index (χ1) is 9.62. The summed E-state index contributed by atoms with van der Waals surface area (Å²) in [5, 5.41) is 13.0. The maximum Gasteiger partial charge on any atom is 0.305 e. The predicted molar refractivity (Wildman–Crippen MR) is 74.2 cm³/mol. The summed E-state index contributed by atoms with van der Waals surface area (Å²) < 4.78 is 14.7. The Bertz CT molecular complexity index is 422. The van der Waals surface area contributed by atoms with Crippen LogP contribution in [0.25, 0.3) is 0 Å². The van der Waals surface area contributed by atoms with Crippen LogP contribution in [0.15, 0.2) is 12.1 Å². The lowest BCUT2D eigenvalue weighted by Gasteiger charge is -2.11. The van der Waals surface area contributed by atoms with E-state index in [1.165, 1.54) is 21.3 Å². The van der Waals surface area contributed by atoms with E-state index >= 15 is 0 Å². The van der Waals surface area contributed by atoms with Gasteiger partial charge in [0.25, 0.3) is 0 Å². The average molecular weight is 283 g/mol. The molecule has 2 N–H and O–H groups in total. The zero-order valence-corrected chi connectivity index (χ0v) is 12.1. The SMILES string of the molecule is COC(=O)CCCNCc1cc(OC)c(O)c(OC)c1. The van der Waals surface area contributed by atoms with Gasteiger partial charge in [-0.3, -0.25) is 4.79 Å². The first-order valence-corrected chi connectivity index (χ1v) is 6.33. The lowest BCUT2D eigenvalue weighted by molar-refractivity contribution is -0.140. The Morgan fingerprint density at radius 1 is 1.20 bits per heavy atom. The summed E-state index contributed by atoms with van der Waals surface area (Å²) in [6, 6.07) is 3.48. The molecular formula is C14H21NO5. The first kappa shape index (κ1) is 16.1. The topological polar surface area (TPSA) is 77.0 Å². The predicted octanol–water partition coefficient (Wildman–Crippen LogP) is 1.45. The van der Waals surface area contributed by atoms with Crippen molar-refractivity contribution in [2.75, 3.05) is 27.9 Å². The lowest BCUT2D eigenvalue weighted by Crippen LogP contribution is -2.16. The molecule has 1 rings (SSSR count). The summed E-state index contributed by atoms with van der Waals surface area (Å²) in [5.41, 5.74) is 0.926. The Morgan fingerprint density at radius 2 is 1.80 bits per heavy atom. The van der Waals surface area contributed by atoms with E-state index in [0.29, 0.717) is 37.4 Å². The van der Waals surface area contributed by atoms with Crippen LogP contribution in [0.1, 0.15) is 18.4 Å². The largest absolute Gasteiger partial charge is 0.502 e. The van der Waals surface area contributed by atoms with Gasteiger partial charge in [0.2, 0.25) is 5.75 Å². The Hall–Kier alpha value is -1.95. The summed E-state index contributed by atoms with van der Waals surface area (Å²) in [6.45, 7) is 1.29. The quantitative estimate of drug-likeness (QED) is 0.555. The van der Waals surface area contributed by atoms with E-state index in [9.17, 15) is 9.90 Å². The molecule has 0 fully saturated rings. The van der Waals surface area contributed by atoms with Crippen LogP contribution in [0.5, 0.6) is 17.2 Å². The second-order valence-corrected chi connectivity index (χ2v) is 4.21. The van der Waals surface area contributed by atoms with E-state index in [2.05, 4.69) is 10.1 Å². The van der Waals surface area contributed by atoms with Crippen molar-refractivity contribution in [1.82, 2.24) is 5.32 Å². The number of esters is 1. The minimum Gasteiger partial charge on any atom is -0.502 e. The molecule has 0 amide bonds. The van der Waals surface area contributed by atoms with Crippen molar-refractivity contribution in [3.8, 4) is 17.2 Å². The van der Waals surface area contributed by atoms with Crippen LogP contribution >= 0.6 is 0 Å². The summed E-state index contributed by atoms with van der Waals surface area (Å²) in [6.07, 6.45) is 1.10. The molecule has 0 saturated heterocycles. The Balaban J connectivity index is 2.49. The fourth-order valence-electron chi connectivity index (χ4n) is 1.74. The maximum absolute atomic E-state index is 10.9. The van der Waals surface area contributed by atoms with Crippen molar-refractivity contribution in [3.05, 3.63) is 17.7 Å². The standard InChI is InChI=1S/C14H21NO5/c1-18-11-7-10(8-12(19-2)14(11)17)9-15-6-4-5-13(16)20-3/h7-8,15,17H,4-6,9H2,1-3H3. The molecule has 0 aliphatic carbocycles. The van der Waals surface area contributed by atoms with E-state index in [1.807, 2.05) is 0 Å². The number of carbonyl (C=O) groups is 1. The molecule has 0 unspecified atom stereocenters. The molecule has 6 heteroatoms. The molecule has 0 aliphatic rings. The van der Waals surface area contributed by atoms with Gasteiger partial charge in [0, 0.05) is 13.0 Å². The number of benzene rings is 1. The highest BCUT2D eigenvalue weighted by atomic mass is 16.5. The normalized spacial score (nSPS) is 10.2. The van der Waals surface area contributed by atoms with Crippen molar-refractivity contribution in [3.63, 3.8) is 0 Å². The fraction of sp³-hybridized carbons (Fsp3) is 0.500. The number of ether oxygens (including phenoxy) is 3. The summed E-state index contributed by atoms with van der Waals surface area (Å²) >= 11 is 0. The van der Waals surface area contributed by atoms with Gasteiger partial charge in [0.15, 0.2) is 11.5 Å². The van der Waals surface area contributed by atoms with Crippen LogP contribution < -0.4 is 14.8 Å². The summed E-state index contributed by atoms with van der Waals surface area (Å²) in [7, 11) is 4.36. The van der Waals surface area contributed by atoms with Gasteiger partial charge in [-0.25, -0.2) is 0 Å². The van der Waals surface area contributed by atoms with Crippen LogP contribution in [-0.2, 0) is 16.1 Å². The molecule has 1 aromatic carbocycles. The van der Waals surface area contributed by atoms with Crippen LogP contribution in [-0.4, -0.2) is 38.9 Å². The maximum atomic E-state index is 10.9. The minimum atomic E-state index is -0.209. The number of hydrogen-bond acceptors (Lipinski definition) is 6. The molecule has 0 atom stereocenters. The Morgan fingerprint density at radius 3 is 2.30 bits per heavy atom. The molecule has 1 aromatic rings. The smallest absolute Gasteiger partial charge is 0.305 e. The first-order valence-electron chi connectivity index (χ1n) is 6.33. The van der Waals surface area contributed by atoms with Crippen molar-refractivity contribution in [2.45, 2.75) is 19.4 Å². The van der Waals surface area contributed by atoms with Gasteiger partial charge < -0.3 is 24.6 Å². The number of nitrogens with one attached hydrogen (secondary N) is 1.